The molecule has 2 heterocycles. The number of hydrogen-bond acceptors (Lipinski definition) is 4. The zero-order chi connectivity index (χ0) is 15.5. The van der Waals surface area contributed by atoms with Gasteiger partial charge in [0.1, 0.15) is 13.3 Å². The molecule has 114 valence electrons. The van der Waals surface area contributed by atoms with Crippen LogP contribution in [0.4, 0.5) is 18.9 Å². The summed E-state index contributed by atoms with van der Waals surface area (Å²) in [6.07, 6.45) is 1.22. The summed E-state index contributed by atoms with van der Waals surface area (Å²) in [7, 11) is 1.67. The van der Waals surface area contributed by atoms with Crippen molar-refractivity contribution >= 4 is 11.6 Å². The van der Waals surface area contributed by atoms with Gasteiger partial charge in [-0.2, -0.15) is 23.4 Å². The van der Waals surface area contributed by atoms with Crippen LogP contribution in [0, 0.1) is 0 Å². The van der Waals surface area contributed by atoms with E-state index in [1.807, 2.05) is 0 Å². The Morgan fingerprint density at radius 1 is 1.33 bits per heavy atom. The molecule has 0 spiro atoms. The van der Waals surface area contributed by atoms with Crippen molar-refractivity contribution in [1.82, 2.24) is 19.6 Å². The number of carbonyl (C=O) groups excluding carboxylic acids is 1. The van der Waals surface area contributed by atoms with Gasteiger partial charge in [-0.15, -0.1) is 0 Å². The Labute approximate surface area is 117 Å². The Morgan fingerprint density at radius 2 is 2.10 bits per heavy atom. The van der Waals surface area contributed by atoms with Crippen molar-refractivity contribution in [3.05, 3.63) is 30.4 Å². The van der Waals surface area contributed by atoms with Crippen LogP contribution in [0.3, 0.4) is 0 Å². The van der Waals surface area contributed by atoms with E-state index < -0.39 is 12.8 Å². The Kier molecular flexibility index (Phi) is 4.26. The number of aryl methyl sites for hydroxylation is 1. The lowest BCUT2D eigenvalue weighted by Crippen LogP contribution is -2.18. The lowest BCUT2D eigenvalue weighted by Gasteiger charge is -2.07. The smallest absolute Gasteiger partial charge is 0.350 e. The third kappa shape index (κ3) is 4.60. The van der Waals surface area contributed by atoms with E-state index in [0.717, 1.165) is 4.68 Å². The second kappa shape index (κ2) is 5.95. The second-order valence-corrected chi connectivity index (χ2v) is 4.22. The SMILES string of the molecule is Cn1cc(C(=O)Nc2cnn(COCC(F)(F)F)c2)cn1. The van der Waals surface area contributed by atoms with Crippen LogP contribution in [0.15, 0.2) is 24.8 Å². The fourth-order valence-electron chi connectivity index (χ4n) is 1.50. The maximum atomic E-state index is 11.9. The van der Waals surface area contributed by atoms with Gasteiger partial charge in [0.05, 0.1) is 29.8 Å². The molecule has 10 heteroatoms. The Bertz CT molecular complexity index is 619. The predicted molar refractivity (Wildman–Crippen MR) is 65.4 cm³/mol. The predicted octanol–water partition coefficient (Wildman–Crippen LogP) is 1.41. The highest BCUT2D eigenvalue weighted by atomic mass is 19.4. The quantitative estimate of drug-likeness (QED) is 0.906. The zero-order valence-corrected chi connectivity index (χ0v) is 11.0. The summed E-state index contributed by atoms with van der Waals surface area (Å²) in [6, 6.07) is 0. The molecule has 1 amide bonds. The van der Waals surface area contributed by atoms with Gasteiger partial charge in [0.15, 0.2) is 0 Å². The average Bonchev–Trinajstić information content (AvgIpc) is 2.97. The highest BCUT2D eigenvalue weighted by Crippen LogP contribution is 2.15. The van der Waals surface area contributed by atoms with Crippen molar-refractivity contribution in [3.63, 3.8) is 0 Å². The monoisotopic (exact) mass is 303 g/mol. The number of aromatic nitrogens is 4. The minimum atomic E-state index is -4.38. The molecule has 0 unspecified atom stereocenters. The van der Waals surface area contributed by atoms with Gasteiger partial charge >= 0.3 is 6.18 Å². The van der Waals surface area contributed by atoms with Crippen molar-refractivity contribution < 1.29 is 22.7 Å². The number of anilines is 1. The Balaban J connectivity index is 1.87. The molecule has 1 N–H and O–H groups in total. The van der Waals surface area contributed by atoms with Crippen LogP contribution in [-0.4, -0.2) is 38.3 Å². The van der Waals surface area contributed by atoms with E-state index in [-0.39, 0.29) is 12.6 Å². The molecule has 21 heavy (non-hydrogen) atoms. The van der Waals surface area contributed by atoms with Crippen LogP contribution in [-0.2, 0) is 18.5 Å². The molecule has 0 radical (unpaired) electrons. The molecular weight excluding hydrogens is 291 g/mol. The van der Waals surface area contributed by atoms with Gasteiger partial charge < -0.3 is 10.1 Å². The molecule has 2 aromatic rings. The second-order valence-electron chi connectivity index (χ2n) is 4.22. The van der Waals surface area contributed by atoms with Crippen LogP contribution in [0.1, 0.15) is 10.4 Å². The highest BCUT2D eigenvalue weighted by molar-refractivity contribution is 6.03. The minimum Gasteiger partial charge on any atom is -0.350 e. The van der Waals surface area contributed by atoms with Crippen LogP contribution in [0.25, 0.3) is 0 Å². The molecule has 0 aliphatic carbocycles. The van der Waals surface area contributed by atoms with Crippen molar-refractivity contribution in [3.8, 4) is 0 Å². The summed E-state index contributed by atoms with van der Waals surface area (Å²) in [4.78, 5) is 11.8. The van der Waals surface area contributed by atoms with Gasteiger partial charge in [0, 0.05) is 13.2 Å². The van der Waals surface area contributed by atoms with Crippen LogP contribution in [0.2, 0.25) is 0 Å². The van der Waals surface area contributed by atoms with Crippen molar-refractivity contribution in [1.29, 1.82) is 0 Å². The number of nitrogens with one attached hydrogen (secondary N) is 1. The average molecular weight is 303 g/mol. The first-order chi connectivity index (χ1) is 9.83. The Morgan fingerprint density at radius 3 is 2.71 bits per heavy atom. The maximum absolute atomic E-state index is 11.9. The topological polar surface area (TPSA) is 74.0 Å². The number of halogens is 3. The van der Waals surface area contributed by atoms with Gasteiger partial charge in [-0.05, 0) is 0 Å². The first-order valence-electron chi connectivity index (χ1n) is 5.80. The number of rotatable bonds is 5. The molecule has 0 aromatic carbocycles. The van der Waals surface area contributed by atoms with E-state index in [1.54, 1.807) is 7.05 Å². The number of amides is 1. The molecule has 7 nitrogen and oxygen atoms in total. The normalized spacial score (nSPS) is 11.6. The van der Waals surface area contributed by atoms with Crippen molar-refractivity contribution in [2.45, 2.75) is 12.9 Å². The number of carbonyl (C=O) groups is 1. The number of nitrogens with zero attached hydrogens (tertiary/aromatic N) is 4. The standard InChI is InChI=1S/C11H12F3N5O2/c1-18-4-8(2-15-18)10(20)17-9-3-16-19(5-9)7-21-6-11(12,13)14/h2-5H,6-7H2,1H3,(H,17,20). The number of hydrogen-bond donors (Lipinski definition) is 1. The number of alkyl halides is 3. The number of ether oxygens (including phenoxy) is 1. The summed E-state index contributed by atoms with van der Waals surface area (Å²) in [5.41, 5.74) is 0.707. The van der Waals surface area contributed by atoms with Gasteiger partial charge in [0.25, 0.3) is 5.91 Å². The molecule has 0 saturated carbocycles. The molecule has 2 aromatic heterocycles. The summed E-state index contributed by atoms with van der Waals surface area (Å²) >= 11 is 0. The van der Waals surface area contributed by atoms with Gasteiger partial charge in [-0.25, -0.2) is 4.68 Å². The third-order valence-electron chi connectivity index (χ3n) is 2.35. The summed E-state index contributed by atoms with van der Waals surface area (Å²) < 4.78 is 42.8. The molecule has 0 aliphatic heterocycles. The lowest BCUT2D eigenvalue weighted by molar-refractivity contribution is -0.182. The summed E-state index contributed by atoms with van der Waals surface area (Å²) in [5.74, 6) is -0.390. The van der Waals surface area contributed by atoms with Gasteiger partial charge in [-0.3, -0.25) is 9.48 Å². The highest BCUT2D eigenvalue weighted by Gasteiger charge is 2.27. The molecule has 2 rings (SSSR count). The maximum Gasteiger partial charge on any atom is 0.411 e. The van der Waals surface area contributed by atoms with E-state index >= 15 is 0 Å². The Hall–Kier alpha value is -2.36. The lowest BCUT2D eigenvalue weighted by atomic mass is 10.3. The third-order valence-corrected chi connectivity index (χ3v) is 2.35. The van der Waals surface area contributed by atoms with Crippen LogP contribution < -0.4 is 5.32 Å². The van der Waals surface area contributed by atoms with E-state index in [4.69, 9.17) is 0 Å². The molecule has 0 saturated heterocycles. The molecule has 0 fully saturated rings. The molecule has 0 atom stereocenters. The zero-order valence-electron chi connectivity index (χ0n) is 11.0. The first-order valence-corrected chi connectivity index (χ1v) is 5.80. The fraction of sp³-hybridized carbons (Fsp3) is 0.364. The van der Waals surface area contributed by atoms with E-state index in [2.05, 4.69) is 20.3 Å². The molecule has 0 bridgehead atoms. The summed E-state index contributed by atoms with van der Waals surface area (Å²) in [6.45, 7) is -1.72. The van der Waals surface area contributed by atoms with Crippen molar-refractivity contribution in [2.75, 3.05) is 11.9 Å². The van der Waals surface area contributed by atoms with E-state index in [1.165, 1.54) is 29.5 Å². The van der Waals surface area contributed by atoms with Gasteiger partial charge in [0.2, 0.25) is 0 Å². The summed E-state index contributed by atoms with van der Waals surface area (Å²) in [5, 5.41) is 10.2. The van der Waals surface area contributed by atoms with Crippen LogP contribution >= 0.6 is 0 Å². The van der Waals surface area contributed by atoms with Crippen LogP contribution in [0.5, 0.6) is 0 Å². The van der Waals surface area contributed by atoms with E-state index in [0.29, 0.717) is 11.3 Å². The van der Waals surface area contributed by atoms with E-state index in [9.17, 15) is 18.0 Å². The molecule has 0 aliphatic rings. The van der Waals surface area contributed by atoms with Crippen molar-refractivity contribution in [2.24, 2.45) is 7.05 Å². The minimum absolute atomic E-state index is 0.347. The largest absolute Gasteiger partial charge is 0.411 e. The fourth-order valence-corrected chi connectivity index (χ4v) is 1.50. The van der Waals surface area contributed by atoms with Gasteiger partial charge in [-0.1, -0.05) is 0 Å². The first kappa shape index (κ1) is 15.0. The molecular formula is C11H12F3N5O2.